The molecule has 2 heterocycles. The topological polar surface area (TPSA) is 61.1 Å². The monoisotopic (exact) mass is 528 g/mol. The number of carbonyl (C=O) groups is 1. The van der Waals surface area contributed by atoms with E-state index in [2.05, 4.69) is 41.4 Å². The summed E-state index contributed by atoms with van der Waals surface area (Å²) in [6, 6.07) is 13.9. The van der Waals surface area contributed by atoms with Gasteiger partial charge in [-0.1, -0.05) is 18.2 Å². The third-order valence-corrected chi connectivity index (χ3v) is 5.61. The van der Waals surface area contributed by atoms with Crippen molar-refractivity contribution in [3.05, 3.63) is 54.5 Å². The van der Waals surface area contributed by atoms with E-state index in [1.54, 1.807) is 12.1 Å². The van der Waals surface area contributed by atoms with Gasteiger partial charge in [0.1, 0.15) is 0 Å². The number of amides is 1. The first-order valence-electron chi connectivity index (χ1n) is 9.82. The van der Waals surface area contributed by atoms with Crippen LogP contribution in [0.5, 0.6) is 0 Å². The highest BCUT2D eigenvalue weighted by atomic mass is 127. The molecule has 0 saturated carbocycles. The summed E-state index contributed by atoms with van der Waals surface area (Å²) < 4.78 is 5.23. The molecule has 6 nitrogen and oxygen atoms in total. The largest absolute Gasteiger partial charge is 0.459 e. The number of hydrogen-bond donors (Lipinski definition) is 1. The van der Waals surface area contributed by atoms with E-state index < -0.39 is 0 Å². The maximum Gasteiger partial charge on any atom is 0.289 e. The predicted molar refractivity (Wildman–Crippen MR) is 129 cm³/mol. The predicted octanol–water partition coefficient (Wildman–Crippen LogP) is 3.80. The number of carbonyl (C=O) groups excluding carboxylic acids is 1. The van der Waals surface area contributed by atoms with E-state index in [1.165, 1.54) is 11.2 Å². The third-order valence-electron chi connectivity index (χ3n) is 4.51. The van der Waals surface area contributed by atoms with Gasteiger partial charge in [-0.05, 0) is 43.4 Å². The van der Waals surface area contributed by atoms with Crippen molar-refractivity contribution in [2.45, 2.75) is 18.2 Å². The van der Waals surface area contributed by atoms with Gasteiger partial charge in [-0.25, -0.2) is 0 Å². The van der Waals surface area contributed by atoms with E-state index in [0.717, 1.165) is 44.3 Å². The number of guanidine groups is 1. The average molecular weight is 528 g/mol. The Morgan fingerprint density at radius 1 is 1.10 bits per heavy atom. The third kappa shape index (κ3) is 7.26. The van der Waals surface area contributed by atoms with Gasteiger partial charge in [-0.3, -0.25) is 9.79 Å². The van der Waals surface area contributed by atoms with Crippen LogP contribution in [0.25, 0.3) is 0 Å². The molecular weight excluding hydrogens is 499 g/mol. The molecule has 3 rings (SSSR count). The SMILES string of the molecule is CCNC(=NCCCSc1ccccc1)N1CCN(C(=O)c2ccco2)CC1.I. The molecule has 0 aliphatic carbocycles. The molecule has 8 heteroatoms. The summed E-state index contributed by atoms with van der Waals surface area (Å²) in [4.78, 5) is 22.6. The van der Waals surface area contributed by atoms with Crippen LogP contribution in [0.4, 0.5) is 0 Å². The van der Waals surface area contributed by atoms with Gasteiger partial charge >= 0.3 is 0 Å². The van der Waals surface area contributed by atoms with Crippen molar-refractivity contribution in [1.29, 1.82) is 0 Å². The Kier molecular flexibility index (Phi) is 10.4. The van der Waals surface area contributed by atoms with Crippen molar-refractivity contribution in [2.75, 3.05) is 45.0 Å². The fourth-order valence-corrected chi connectivity index (χ4v) is 3.92. The van der Waals surface area contributed by atoms with Crippen molar-refractivity contribution in [3.63, 3.8) is 0 Å². The fraction of sp³-hybridized carbons (Fsp3) is 0.429. The maximum absolute atomic E-state index is 12.4. The second-order valence-corrected chi connectivity index (χ2v) is 7.68. The normalized spacial score (nSPS) is 14.4. The lowest BCUT2D eigenvalue weighted by Crippen LogP contribution is -2.53. The Bertz CT molecular complexity index is 747. The van der Waals surface area contributed by atoms with Gasteiger partial charge in [-0.15, -0.1) is 35.7 Å². The van der Waals surface area contributed by atoms with Crippen molar-refractivity contribution in [3.8, 4) is 0 Å². The number of hydrogen-bond acceptors (Lipinski definition) is 4. The van der Waals surface area contributed by atoms with Crippen LogP contribution in [-0.2, 0) is 0 Å². The van der Waals surface area contributed by atoms with Gasteiger partial charge in [0.25, 0.3) is 5.91 Å². The lowest BCUT2D eigenvalue weighted by atomic mass is 10.3. The summed E-state index contributed by atoms with van der Waals surface area (Å²) >= 11 is 1.87. The van der Waals surface area contributed by atoms with Crippen LogP contribution in [0.3, 0.4) is 0 Å². The van der Waals surface area contributed by atoms with Crippen LogP contribution in [0.1, 0.15) is 23.9 Å². The molecular formula is C21H29IN4O2S. The summed E-state index contributed by atoms with van der Waals surface area (Å²) in [7, 11) is 0. The number of halogens is 1. The smallest absolute Gasteiger partial charge is 0.289 e. The van der Waals surface area contributed by atoms with E-state index in [4.69, 9.17) is 9.41 Å². The van der Waals surface area contributed by atoms with Crippen molar-refractivity contribution >= 4 is 47.6 Å². The zero-order valence-corrected chi connectivity index (χ0v) is 19.9. The Morgan fingerprint density at radius 2 is 1.83 bits per heavy atom. The molecule has 0 unspecified atom stereocenters. The van der Waals surface area contributed by atoms with Crippen LogP contribution in [0, 0.1) is 0 Å². The van der Waals surface area contributed by atoms with Gasteiger partial charge in [0.15, 0.2) is 11.7 Å². The average Bonchev–Trinajstić information content (AvgIpc) is 3.28. The molecule has 2 aromatic rings. The summed E-state index contributed by atoms with van der Waals surface area (Å²) in [5, 5.41) is 3.38. The van der Waals surface area contributed by atoms with Crippen LogP contribution >= 0.6 is 35.7 Å². The van der Waals surface area contributed by atoms with Gasteiger partial charge < -0.3 is 19.5 Å². The molecule has 1 N–H and O–H groups in total. The molecule has 1 fully saturated rings. The highest BCUT2D eigenvalue weighted by Gasteiger charge is 2.25. The molecule has 0 spiro atoms. The number of furan rings is 1. The minimum absolute atomic E-state index is 0. The molecule has 0 radical (unpaired) electrons. The first-order chi connectivity index (χ1) is 13.8. The van der Waals surface area contributed by atoms with Gasteiger partial charge in [0.2, 0.25) is 0 Å². The molecule has 0 atom stereocenters. The molecule has 158 valence electrons. The summed E-state index contributed by atoms with van der Waals surface area (Å²) in [5.74, 6) is 2.37. The zero-order valence-electron chi connectivity index (χ0n) is 16.8. The summed E-state index contributed by atoms with van der Waals surface area (Å²) in [6.45, 7) is 6.62. The van der Waals surface area contributed by atoms with Crippen LogP contribution in [0.15, 0.2) is 63.0 Å². The van der Waals surface area contributed by atoms with E-state index in [-0.39, 0.29) is 29.9 Å². The van der Waals surface area contributed by atoms with Crippen LogP contribution in [-0.4, -0.2) is 66.7 Å². The second kappa shape index (κ2) is 12.8. The Morgan fingerprint density at radius 3 is 2.48 bits per heavy atom. The standard InChI is InChI=1S/C21H28N4O2S.HI/c1-2-22-21(23-11-7-17-28-18-8-4-3-5-9-18)25-14-12-24(13-15-25)20(26)19-10-6-16-27-19;/h3-6,8-10,16H,2,7,11-15,17H2,1H3,(H,22,23);1H. The number of aliphatic imine (C=N–C) groups is 1. The quantitative estimate of drug-likeness (QED) is 0.195. The number of benzene rings is 1. The Labute approximate surface area is 194 Å². The second-order valence-electron chi connectivity index (χ2n) is 6.51. The number of piperazine rings is 1. The van der Waals surface area contributed by atoms with Gasteiger partial charge in [0.05, 0.1) is 6.26 Å². The Hall–Kier alpha value is -1.68. The maximum atomic E-state index is 12.4. The summed E-state index contributed by atoms with van der Waals surface area (Å²) in [6.07, 6.45) is 2.57. The molecule has 0 bridgehead atoms. The highest BCUT2D eigenvalue weighted by molar-refractivity contribution is 14.0. The minimum Gasteiger partial charge on any atom is -0.459 e. The lowest BCUT2D eigenvalue weighted by Gasteiger charge is -2.36. The van der Waals surface area contributed by atoms with Gasteiger partial charge in [0, 0.05) is 44.2 Å². The van der Waals surface area contributed by atoms with E-state index in [1.807, 2.05) is 22.7 Å². The fourth-order valence-electron chi connectivity index (χ4n) is 3.06. The van der Waals surface area contributed by atoms with Crippen molar-refractivity contribution in [2.24, 2.45) is 4.99 Å². The van der Waals surface area contributed by atoms with Crippen LogP contribution < -0.4 is 5.32 Å². The molecule has 1 saturated heterocycles. The lowest BCUT2D eigenvalue weighted by molar-refractivity contribution is 0.0657. The molecule has 1 amide bonds. The highest BCUT2D eigenvalue weighted by Crippen LogP contribution is 2.17. The van der Waals surface area contributed by atoms with Crippen molar-refractivity contribution < 1.29 is 9.21 Å². The first-order valence-corrected chi connectivity index (χ1v) is 10.8. The van der Waals surface area contributed by atoms with E-state index in [0.29, 0.717) is 18.8 Å². The number of nitrogens with one attached hydrogen (secondary N) is 1. The molecule has 1 aromatic carbocycles. The van der Waals surface area contributed by atoms with Crippen molar-refractivity contribution in [1.82, 2.24) is 15.1 Å². The zero-order chi connectivity index (χ0) is 19.6. The number of nitrogens with zero attached hydrogens (tertiary/aromatic N) is 3. The molecule has 1 aromatic heterocycles. The molecule has 1 aliphatic rings. The van der Waals surface area contributed by atoms with Gasteiger partial charge in [-0.2, -0.15) is 0 Å². The minimum atomic E-state index is -0.0375. The number of rotatable bonds is 7. The van der Waals surface area contributed by atoms with Crippen LogP contribution in [0.2, 0.25) is 0 Å². The molecule has 29 heavy (non-hydrogen) atoms. The first kappa shape index (κ1) is 23.6. The molecule has 1 aliphatic heterocycles. The summed E-state index contributed by atoms with van der Waals surface area (Å²) in [5.41, 5.74) is 0. The number of thioether (sulfide) groups is 1. The van der Waals surface area contributed by atoms with E-state index >= 15 is 0 Å². The van der Waals surface area contributed by atoms with E-state index in [9.17, 15) is 4.79 Å². The Balaban J connectivity index is 0.00000300.